The van der Waals surface area contributed by atoms with E-state index in [0.29, 0.717) is 10.9 Å². The molecule has 9 atom stereocenters. The smallest absolute Gasteiger partial charge is 0.326 e. The summed E-state index contributed by atoms with van der Waals surface area (Å²) >= 11 is 0. The van der Waals surface area contributed by atoms with Gasteiger partial charge in [-0.1, -0.05) is 45.9 Å². The number of likely N-dealkylation sites (tertiary alicyclic amines) is 1. The molecule has 3 rings (SSSR count). The van der Waals surface area contributed by atoms with Crippen LogP contribution in [0.3, 0.4) is 0 Å². The van der Waals surface area contributed by atoms with Gasteiger partial charge in [-0.25, -0.2) is 4.79 Å². The van der Waals surface area contributed by atoms with Crippen LogP contribution in [0.25, 0.3) is 10.9 Å². The Morgan fingerprint density at radius 3 is 1.70 bits per heavy atom. The number of rotatable bonds is 27. The third-order valence-corrected chi connectivity index (χ3v) is 11.2. The topological polar surface area (TPSA) is 418 Å². The number of aliphatic hydroxyl groups excluding tert-OH is 2. The molecule has 1 saturated heterocycles. The average Bonchev–Trinajstić information content (AvgIpc) is 3.95. The summed E-state index contributed by atoms with van der Waals surface area (Å²) in [6, 6.07) is -6.88. The highest BCUT2D eigenvalue weighted by molar-refractivity contribution is 6.00. The monoisotopic (exact) mass is 988 g/mol. The van der Waals surface area contributed by atoms with Crippen molar-refractivity contribution in [2.24, 2.45) is 17.6 Å². The first kappa shape index (κ1) is 57.1. The van der Waals surface area contributed by atoms with Crippen LogP contribution in [-0.4, -0.2) is 175 Å². The van der Waals surface area contributed by atoms with Gasteiger partial charge in [0.05, 0.1) is 32.1 Å². The van der Waals surface area contributed by atoms with Crippen LogP contribution in [0.2, 0.25) is 0 Å². The molecule has 2 aromatic rings. The SMILES string of the molecule is CC(C)C[C@H](NC(=O)[C@H](CO)NC(=O)[C@H](C)N)C(=O)N[C@@H](CC(=O)O)C(=O)N[C@@H](CO)C(=O)N[C@@H](CC(=O)O)C(=O)N1CCC[C@H]1C(=O)N[C@@H](Cc1c[nH]c2ccccc12)C(=O)N[C@H](C(=O)O)C(C)C. The summed E-state index contributed by atoms with van der Waals surface area (Å²) in [6.45, 7) is 5.59. The number of carboxylic acid groups (broad SMARTS) is 3. The first-order chi connectivity index (χ1) is 32.9. The maximum absolute atomic E-state index is 14.1. The molecule has 0 radical (unpaired) electrons. The minimum Gasteiger partial charge on any atom is -0.481 e. The fourth-order valence-corrected chi connectivity index (χ4v) is 7.51. The van der Waals surface area contributed by atoms with Gasteiger partial charge < -0.3 is 78.4 Å². The van der Waals surface area contributed by atoms with Crippen molar-refractivity contribution in [1.29, 1.82) is 0 Å². The molecule has 1 aliphatic rings. The van der Waals surface area contributed by atoms with E-state index in [4.69, 9.17) is 5.73 Å². The number of nitrogens with zero attached hydrogens (tertiary/aromatic N) is 1. The van der Waals surface area contributed by atoms with Crippen LogP contribution >= 0.6 is 0 Å². The molecule has 0 aliphatic carbocycles. The first-order valence-corrected chi connectivity index (χ1v) is 22.5. The summed E-state index contributed by atoms with van der Waals surface area (Å²) < 4.78 is 0. The molecule has 386 valence electrons. The number of carbonyl (C=O) groups is 11. The quantitative estimate of drug-likeness (QED) is 0.0408. The van der Waals surface area contributed by atoms with E-state index >= 15 is 0 Å². The molecule has 0 unspecified atom stereocenters. The Morgan fingerprint density at radius 2 is 1.16 bits per heavy atom. The predicted octanol–water partition coefficient (Wildman–Crippen LogP) is -3.84. The van der Waals surface area contributed by atoms with Crippen molar-refractivity contribution in [1.82, 2.24) is 47.1 Å². The van der Waals surface area contributed by atoms with Crippen LogP contribution in [0.4, 0.5) is 0 Å². The zero-order valence-electron chi connectivity index (χ0n) is 39.4. The lowest BCUT2D eigenvalue weighted by Gasteiger charge is -2.30. The van der Waals surface area contributed by atoms with E-state index in [9.17, 15) is 78.3 Å². The van der Waals surface area contributed by atoms with Crippen molar-refractivity contribution in [3.05, 3.63) is 36.0 Å². The number of aliphatic carboxylic acids is 3. The number of hydrogen-bond acceptors (Lipinski definition) is 14. The van der Waals surface area contributed by atoms with Crippen LogP contribution < -0.4 is 43.0 Å². The van der Waals surface area contributed by atoms with Gasteiger partial charge in [0, 0.05) is 30.1 Å². The van der Waals surface area contributed by atoms with Crippen LogP contribution in [0.5, 0.6) is 0 Å². The van der Waals surface area contributed by atoms with Gasteiger partial charge in [-0.05, 0) is 49.7 Å². The van der Waals surface area contributed by atoms with Crippen LogP contribution in [0.1, 0.15) is 72.3 Å². The molecular formula is C44H64N10O16. The molecule has 70 heavy (non-hydrogen) atoms. The van der Waals surface area contributed by atoms with Crippen LogP contribution in [0, 0.1) is 11.8 Å². The number of para-hydroxylation sites is 1. The molecule has 15 N–H and O–H groups in total. The number of hydrogen-bond donors (Lipinski definition) is 14. The first-order valence-electron chi connectivity index (χ1n) is 22.5. The molecule has 1 fully saturated rings. The molecule has 26 nitrogen and oxygen atoms in total. The number of amides is 8. The van der Waals surface area contributed by atoms with E-state index in [1.54, 1.807) is 58.2 Å². The summed E-state index contributed by atoms with van der Waals surface area (Å²) in [5, 5.41) is 65.8. The maximum atomic E-state index is 14.1. The lowest BCUT2D eigenvalue weighted by Crippen LogP contribution is -2.61. The van der Waals surface area contributed by atoms with Gasteiger partial charge >= 0.3 is 17.9 Å². The van der Waals surface area contributed by atoms with Gasteiger partial charge in [-0.2, -0.15) is 0 Å². The zero-order valence-corrected chi connectivity index (χ0v) is 39.4. The molecule has 1 aromatic heterocycles. The van der Waals surface area contributed by atoms with Gasteiger partial charge in [0.1, 0.15) is 48.3 Å². The van der Waals surface area contributed by atoms with Gasteiger partial charge in [0.2, 0.25) is 47.3 Å². The van der Waals surface area contributed by atoms with Crippen LogP contribution in [-0.2, 0) is 59.2 Å². The van der Waals surface area contributed by atoms with E-state index < -0.39 is 152 Å². The number of carboxylic acids is 3. The molecule has 8 amide bonds. The van der Waals surface area contributed by atoms with E-state index in [1.165, 1.54) is 6.92 Å². The Labute approximate surface area is 401 Å². The Balaban J connectivity index is 1.82. The number of aromatic amines is 1. The average molecular weight is 989 g/mol. The lowest BCUT2D eigenvalue weighted by atomic mass is 10.0. The van der Waals surface area contributed by atoms with Crippen molar-refractivity contribution in [2.75, 3.05) is 19.8 Å². The third kappa shape index (κ3) is 16.5. The summed E-state index contributed by atoms with van der Waals surface area (Å²) in [5.41, 5.74) is 6.83. The number of fused-ring (bicyclic) bond motifs is 1. The molecular weight excluding hydrogens is 925 g/mol. The van der Waals surface area contributed by atoms with Crippen LogP contribution in [0.15, 0.2) is 30.5 Å². The van der Waals surface area contributed by atoms with Gasteiger partial charge in [0.25, 0.3) is 0 Å². The van der Waals surface area contributed by atoms with Crippen molar-refractivity contribution < 1.29 is 78.3 Å². The van der Waals surface area contributed by atoms with E-state index in [2.05, 4.69) is 42.2 Å². The molecule has 0 spiro atoms. The zero-order chi connectivity index (χ0) is 52.6. The molecule has 1 aromatic carbocycles. The number of H-pyrrole nitrogens is 1. The highest BCUT2D eigenvalue weighted by atomic mass is 16.4. The number of nitrogens with one attached hydrogen (secondary N) is 8. The Morgan fingerprint density at radius 1 is 0.657 bits per heavy atom. The van der Waals surface area contributed by atoms with Gasteiger partial charge in [-0.15, -0.1) is 0 Å². The normalized spacial score (nSPS) is 16.9. The number of aromatic nitrogens is 1. The fraction of sp³-hybridized carbons (Fsp3) is 0.568. The molecule has 0 bridgehead atoms. The van der Waals surface area contributed by atoms with Crippen molar-refractivity contribution in [2.45, 2.75) is 128 Å². The van der Waals surface area contributed by atoms with Crippen molar-refractivity contribution >= 4 is 76.1 Å². The van der Waals surface area contributed by atoms with Gasteiger partial charge in [0.15, 0.2) is 0 Å². The Kier molecular flexibility index (Phi) is 21.7. The number of carbonyl (C=O) groups excluding carboxylic acids is 8. The number of aliphatic hydroxyl groups is 2. The molecule has 2 heterocycles. The summed E-state index contributed by atoms with van der Waals surface area (Å²) in [4.78, 5) is 147. The molecule has 0 saturated carbocycles. The minimum absolute atomic E-state index is 0.0241. The van der Waals surface area contributed by atoms with Gasteiger partial charge in [-0.3, -0.25) is 47.9 Å². The second-order valence-corrected chi connectivity index (χ2v) is 17.7. The predicted molar refractivity (Wildman–Crippen MR) is 245 cm³/mol. The minimum atomic E-state index is -1.99. The molecule has 1 aliphatic heterocycles. The second-order valence-electron chi connectivity index (χ2n) is 17.7. The number of nitrogens with two attached hydrogens (primary N) is 1. The summed E-state index contributed by atoms with van der Waals surface area (Å²) in [5.74, 6) is -13.7. The van der Waals surface area contributed by atoms with E-state index in [1.807, 2.05) is 0 Å². The standard InChI is InChI=1S/C44H64N10O16/c1-20(2)13-26(47-40(65)30(18-55)51-36(61)22(5)45)37(62)48-28(15-33(57)58)38(63)52-31(19-56)41(66)50-29(16-34(59)60)43(68)54-12-8-11-32(54)42(67)49-27(39(64)53-35(21(3)4)44(69)70)14-23-17-46-25-10-7-6-9-24(23)25/h6-7,9-10,17,20-22,26-32,35,46,55-56H,8,11-16,18-19,45H2,1-5H3,(H,47,65)(H,48,62)(H,49,67)(H,50,66)(H,51,61)(H,52,63)(H,53,64)(H,57,58)(H,59,60)(H,69,70)/t22-,26-,27-,28-,29-,30-,31-,32-,35-/m0/s1. The summed E-state index contributed by atoms with van der Waals surface area (Å²) in [7, 11) is 0. The third-order valence-electron chi connectivity index (χ3n) is 11.2. The Bertz CT molecular complexity index is 2250. The van der Waals surface area contributed by atoms with Crippen molar-refractivity contribution in [3.63, 3.8) is 0 Å². The Hall–Kier alpha value is -7.19. The summed E-state index contributed by atoms with van der Waals surface area (Å²) in [6.07, 6.45) is -0.506. The second kappa shape index (κ2) is 26.5. The van der Waals surface area contributed by atoms with Crippen molar-refractivity contribution in [3.8, 4) is 0 Å². The van der Waals surface area contributed by atoms with E-state index in [0.717, 1.165) is 10.4 Å². The van der Waals surface area contributed by atoms with E-state index in [-0.39, 0.29) is 38.1 Å². The highest BCUT2D eigenvalue weighted by Crippen LogP contribution is 2.22. The fourth-order valence-electron chi connectivity index (χ4n) is 7.51. The maximum Gasteiger partial charge on any atom is 0.326 e. The highest BCUT2D eigenvalue weighted by Gasteiger charge is 2.41. The number of benzene rings is 1. The largest absolute Gasteiger partial charge is 0.481 e. The lowest BCUT2D eigenvalue weighted by molar-refractivity contribution is -0.146. The molecule has 26 heteroatoms.